The van der Waals surface area contributed by atoms with Crippen LogP contribution in [0.1, 0.15) is 32.6 Å². The molecule has 68 valence electrons. The minimum atomic E-state index is -0.753. The Balaban J connectivity index is 2.55. The Labute approximate surface area is 71.8 Å². The number of hydrogen-bond acceptors (Lipinski definition) is 2. The van der Waals surface area contributed by atoms with Gasteiger partial charge in [0.05, 0.1) is 5.92 Å². The summed E-state index contributed by atoms with van der Waals surface area (Å²) in [4.78, 5) is 21.6. The summed E-state index contributed by atoms with van der Waals surface area (Å²) in [5.74, 6) is -0.742. The molecule has 1 aliphatic rings. The zero-order chi connectivity index (χ0) is 9.14. The first-order valence-electron chi connectivity index (χ1n) is 4.39. The van der Waals surface area contributed by atoms with Crippen molar-refractivity contribution >= 4 is 11.8 Å². The Morgan fingerprint density at radius 2 is 2.42 bits per heavy atom. The van der Waals surface area contributed by atoms with Crippen LogP contribution in [0.3, 0.4) is 0 Å². The molecule has 3 heteroatoms. The van der Waals surface area contributed by atoms with Crippen molar-refractivity contribution < 1.29 is 14.7 Å². The van der Waals surface area contributed by atoms with Crippen LogP contribution in [0.15, 0.2) is 0 Å². The maximum Gasteiger partial charge on any atom is 0.306 e. The predicted octanol–water partition coefficient (Wildman–Crippen LogP) is 1.47. The highest BCUT2D eigenvalue weighted by molar-refractivity contribution is 5.82. The molecule has 0 amide bonds. The summed E-state index contributed by atoms with van der Waals surface area (Å²) in [6, 6.07) is 0. The molecule has 1 rings (SSSR count). The van der Waals surface area contributed by atoms with Crippen LogP contribution in [0.4, 0.5) is 0 Å². The van der Waals surface area contributed by atoms with E-state index < -0.39 is 5.97 Å². The number of Topliss-reactive ketones (excluding diaryl/α,β-unsaturated/α-hetero) is 1. The van der Waals surface area contributed by atoms with Gasteiger partial charge in [-0.2, -0.15) is 0 Å². The van der Waals surface area contributed by atoms with E-state index in [1.54, 1.807) is 0 Å². The minimum Gasteiger partial charge on any atom is -0.481 e. The number of rotatable bonds is 3. The Bertz CT molecular complexity index is 198. The molecule has 0 heterocycles. The van der Waals surface area contributed by atoms with Crippen LogP contribution in [-0.2, 0) is 9.59 Å². The molecule has 0 saturated heterocycles. The van der Waals surface area contributed by atoms with Crippen molar-refractivity contribution in [3.63, 3.8) is 0 Å². The highest BCUT2D eigenvalue weighted by Crippen LogP contribution is 2.31. The van der Waals surface area contributed by atoms with Crippen LogP contribution in [0.5, 0.6) is 0 Å². The molecule has 0 aromatic rings. The van der Waals surface area contributed by atoms with Crippen molar-refractivity contribution in [1.29, 1.82) is 0 Å². The summed E-state index contributed by atoms with van der Waals surface area (Å²) in [7, 11) is 0. The molecule has 0 bridgehead atoms. The third-order valence-corrected chi connectivity index (χ3v) is 2.61. The molecule has 0 unspecified atom stereocenters. The summed E-state index contributed by atoms with van der Waals surface area (Å²) < 4.78 is 0. The van der Waals surface area contributed by atoms with Crippen LogP contribution >= 0.6 is 0 Å². The van der Waals surface area contributed by atoms with E-state index in [1.165, 1.54) is 0 Å². The van der Waals surface area contributed by atoms with E-state index >= 15 is 0 Å². The Morgan fingerprint density at radius 3 is 2.75 bits per heavy atom. The lowest BCUT2D eigenvalue weighted by Crippen LogP contribution is -2.21. The summed E-state index contributed by atoms with van der Waals surface area (Å²) >= 11 is 0. The largest absolute Gasteiger partial charge is 0.481 e. The zero-order valence-corrected chi connectivity index (χ0v) is 7.25. The summed E-state index contributed by atoms with van der Waals surface area (Å²) in [5, 5.41) is 8.81. The predicted molar refractivity (Wildman–Crippen MR) is 43.8 cm³/mol. The fourth-order valence-corrected chi connectivity index (χ4v) is 1.90. The second-order valence-electron chi connectivity index (χ2n) is 3.39. The van der Waals surface area contributed by atoms with Gasteiger partial charge in [-0.05, 0) is 18.8 Å². The second-order valence-corrected chi connectivity index (χ2v) is 3.39. The molecule has 0 aromatic heterocycles. The maximum absolute atomic E-state index is 10.9. The van der Waals surface area contributed by atoms with Gasteiger partial charge in [0.25, 0.3) is 0 Å². The summed E-state index contributed by atoms with van der Waals surface area (Å²) in [5.41, 5.74) is 0. The van der Waals surface area contributed by atoms with Crippen LogP contribution < -0.4 is 0 Å². The monoisotopic (exact) mass is 170 g/mol. The fourth-order valence-electron chi connectivity index (χ4n) is 1.90. The maximum atomic E-state index is 10.9. The second kappa shape index (κ2) is 3.70. The molecule has 1 fully saturated rings. The number of carbonyl (C=O) groups excluding carboxylic acids is 1. The van der Waals surface area contributed by atoms with Gasteiger partial charge in [-0.25, -0.2) is 0 Å². The van der Waals surface area contributed by atoms with Crippen molar-refractivity contribution in [3.05, 3.63) is 0 Å². The van der Waals surface area contributed by atoms with Crippen LogP contribution in [-0.4, -0.2) is 16.9 Å². The molecule has 0 spiro atoms. The van der Waals surface area contributed by atoms with Gasteiger partial charge >= 0.3 is 5.97 Å². The van der Waals surface area contributed by atoms with E-state index in [4.69, 9.17) is 5.11 Å². The van der Waals surface area contributed by atoms with Crippen LogP contribution in [0, 0.1) is 11.8 Å². The van der Waals surface area contributed by atoms with Gasteiger partial charge in [-0.1, -0.05) is 6.92 Å². The number of aliphatic carboxylic acids is 1. The molecule has 3 nitrogen and oxygen atoms in total. The van der Waals surface area contributed by atoms with Gasteiger partial charge in [-0.15, -0.1) is 0 Å². The topological polar surface area (TPSA) is 54.4 Å². The standard InChI is InChI=1S/C9H14O3/c1-2-8(9(11)12)6-3-4-7(10)5-6/h6,8H,2-5H2,1H3,(H,11,12)/t6-,8+/m1/s1. The van der Waals surface area contributed by atoms with E-state index in [2.05, 4.69) is 0 Å². The van der Waals surface area contributed by atoms with Gasteiger partial charge in [-0.3, -0.25) is 9.59 Å². The lowest BCUT2D eigenvalue weighted by atomic mass is 9.89. The molecule has 12 heavy (non-hydrogen) atoms. The van der Waals surface area contributed by atoms with E-state index in [-0.39, 0.29) is 17.6 Å². The van der Waals surface area contributed by atoms with Crippen molar-refractivity contribution in [2.75, 3.05) is 0 Å². The van der Waals surface area contributed by atoms with E-state index in [1.807, 2.05) is 6.92 Å². The Hall–Kier alpha value is -0.860. The van der Waals surface area contributed by atoms with E-state index in [9.17, 15) is 9.59 Å². The van der Waals surface area contributed by atoms with Crippen molar-refractivity contribution in [2.45, 2.75) is 32.6 Å². The smallest absolute Gasteiger partial charge is 0.306 e. The Morgan fingerprint density at radius 1 is 1.75 bits per heavy atom. The number of carboxylic acids is 1. The van der Waals surface area contributed by atoms with Crippen molar-refractivity contribution in [2.24, 2.45) is 11.8 Å². The lowest BCUT2D eigenvalue weighted by Gasteiger charge is -2.15. The molecule has 1 N–H and O–H groups in total. The number of ketones is 1. The van der Waals surface area contributed by atoms with Gasteiger partial charge in [0.2, 0.25) is 0 Å². The number of carboxylic acid groups (broad SMARTS) is 1. The quantitative estimate of drug-likeness (QED) is 0.697. The van der Waals surface area contributed by atoms with E-state index in [0.29, 0.717) is 19.3 Å². The van der Waals surface area contributed by atoms with Gasteiger partial charge in [0, 0.05) is 12.8 Å². The van der Waals surface area contributed by atoms with Crippen molar-refractivity contribution in [1.82, 2.24) is 0 Å². The fraction of sp³-hybridized carbons (Fsp3) is 0.778. The number of hydrogen-bond donors (Lipinski definition) is 1. The van der Waals surface area contributed by atoms with E-state index in [0.717, 1.165) is 6.42 Å². The average molecular weight is 170 g/mol. The molecule has 1 saturated carbocycles. The third kappa shape index (κ3) is 1.84. The first-order valence-corrected chi connectivity index (χ1v) is 4.39. The Kier molecular flexibility index (Phi) is 2.84. The summed E-state index contributed by atoms with van der Waals surface area (Å²) in [6.45, 7) is 1.86. The normalized spacial score (nSPS) is 25.8. The van der Waals surface area contributed by atoms with Gasteiger partial charge in [0.1, 0.15) is 5.78 Å². The van der Waals surface area contributed by atoms with Crippen molar-refractivity contribution in [3.8, 4) is 0 Å². The van der Waals surface area contributed by atoms with Crippen LogP contribution in [0.25, 0.3) is 0 Å². The number of carbonyl (C=O) groups is 2. The lowest BCUT2D eigenvalue weighted by molar-refractivity contribution is -0.143. The highest BCUT2D eigenvalue weighted by Gasteiger charge is 2.32. The highest BCUT2D eigenvalue weighted by atomic mass is 16.4. The first kappa shape index (κ1) is 9.23. The average Bonchev–Trinajstić information content (AvgIpc) is 2.37. The molecule has 1 aliphatic carbocycles. The molecular weight excluding hydrogens is 156 g/mol. The molecular formula is C9H14O3. The molecule has 0 radical (unpaired) electrons. The molecule has 0 aliphatic heterocycles. The SMILES string of the molecule is CC[C@H](C(=O)O)[C@@H]1CCC(=O)C1. The van der Waals surface area contributed by atoms with Gasteiger partial charge < -0.3 is 5.11 Å². The minimum absolute atomic E-state index is 0.0972. The van der Waals surface area contributed by atoms with Crippen LogP contribution in [0.2, 0.25) is 0 Å². The third-order valence-electron chi connectivity index (χ3n) is 2.61. The summed E-state index contributed by atoms with van der Waals surface area (Å²) in [6.07, 6.45) is 2.45. The molecule has 2 atom stereocenters. The zero-order valence-electron chi connectivity index (χ0n) is 7.25. The molecule has 0 aromatic carbocycles. The first-order chi connectivity index (χ1) is 5.65. The van der Waals surface area contributed by atoms with Gasteiger partial charge in [0.15, 0.2) is 0 Å².